The van der Waals surface area contributed by atoms with Crippen LogP contribution in [0, 0.1) is 0 Å². The number of hydrogen-bond donors (Lipinski definition) is 2. The average Bonchev–Trinajstić information content (AvgIpc) is 3.31. The molecule has 132 valence electrons. The lowest BCUT2D eigenvalue weighted by molar-refractivity contribution is 0.727. The second-order valence-electron chi connectivity index (χ2n) is 6.43. The van der Waals surface area contributed by atoms with Crippen LogP contribution in [0.25, 0.3) is 0 Å². The van der Waals surface area contributed by atoms with Crippen LogP contribution in [0.2, 0.25) is 0 Å². The number of aliphatic imine (C=N–C) groups is 1. The molecule has 3 rings (SSSR count). The van der Waals surface area contributed by atoms with Gasteiger partial charge in [0.05, 0.1) is 6.54 Å². The molecule has 24 heavy (non-hydrogen) atoms. The Labute approximate surface area is 149 Å². The number of guanidine groups is 1. The number of pyridine rings is 1. The third kappa shape index (κ3) is 5.03. The van der Waals surface area contributed by atoms with Crippen LogP contribution >= 0.6 is 11.8 Å². The van der Waals surface area contributed by atoms with Crippen LogP contribution in [0.3, 0.4) is 0 Å². The number of thioether (sulfide) groups is 1. The van der Waals surface area contributed by atoms with Crippen molar-refractivity contribution in [3.05, 3.63) is 23.9 Å². The summed E-state index contributed by atoms with van der Waals surface area (Å²) in [5.74, 6) is 3.31. The Morgan fingerprint density at radius 1 is 1.29 bits per heavy atom. The summed E-state index contributed by atoms with van der Waals surface area (Å²) in [6.07, 6.45) is 7.20. The Morgan fingerprint density at radius 2 is 2.17 bits per heavy atom. The second-order valence-corrected chi connectivity index (χ2v) is 7.84. The second kappa shape index (κ2) is 9.16. The molecule has 2 aliphatic rings. The van der Waals surface area contributed by atoms with E-state index in [4.69, 9.17) is 4.99 Å². The van der Waals surface area contributed by atoms with Crippen molar-refractivity contribution in [3.8, 4) is 0 Å². The monoisotopic (exact) mass is 347 g/mol. The zero-order valence-electron chi connectivity index (χ0n) is 14.6. The minimum absolute atomic E-state index is 0.667. The number of rotatable bonds is 6. The Kier molecular flexibility index (Phi) is 6.64. The molecule has 1 aromatic rings. The highest BCUT2D eigenvalue weighted by atomic mass is 32.2. The highest BCUT2D eigenvalue weighted by Gasteiger charge is 2.15. The van der Waals surface area contributed by atoms with E-state index >= 15 is 0 Å². The van der Waals surface area contributed by atoms with E-state index in [-0.39, 0.29) is 0 Å². The molecule has 0 amide bonds. The molecule has 1 aromatic heterocycles. The Hall–Kier alpha value is -1.43. The van der Waals surface area contributed by atoms with Crippen molar-refractivity contribution in [2.45, 2.75) is 44.4 Å². The molecule has 0 saturated carbocycles. The topological polar surface area (TPSA) is 52.6 Å². The summed E-state index contributed by atoms with van der Waals surface area (Å²) in [5.41, 5.74) is 1.16. The summed E-state index contributed by atoms with van der Waals surface area (Å²) in [6.45, 7) is 6.93. The van der Waals surface area contributed by atoms with Gasteiger partial charge < -0.3 is 15.5 Å². The lowest BCUT2D eigenvalue weighted by Gasteiger charge is -2.16. The van der Waals surface area contributed by atoms with E-state index < -0.39 is 0 Å². The lowest BCUT2D eigenvalue weighted by atomic mass is 10.2. The van der Waals surface area contributed by atoms with E-state index in [2.05, 4.69) is 51.3 Å². The molecule has 6 heteroatoms. The SMILES string of the molecule is CCNC(=NCc1ccc(N2CCCC2)nc1)NCC1CCCS1. The maximum absolute atomic E-state index is 4.70. The summed E-state index contributed by atoms with van der Waals surface area (Å²) in [5, 5.41) is 7.54. The maximum Gasteiger partial charge on any atom is 0.191 e. The van der Waals surface area contributed by atoms with Gasteiger partial charge in [0.25, 0.3) is 0 Å². The highest BCUT2D eigenvalue weighted by Crippen LogP contribution is 2.25. The smallest absolute Gasteiger partial charge is 0.191 e. The summed E-state index contributed by atoms with van der Waals surface area (Å²) >= 11 is 2.07. The van der Waals surface area contributed by atoms with Crippen LogP contribution in [-0.2, 0) is 6.54 Å². The van der Waals surface area contributed by atoms with Gasteiger partial charge in [-0.15, -0.1) is 0 Å². The molecule has 2 saturated heterocycles. The molecule has 1 unspecified atom stereocenters. The van der Waals surface area contributed by atoms with E-state index in [0.717, 1.165) is 48.8 Å². The first-order chi connectivity index (χ1) is 11.8. The molecule has 2 aliphatic heterocycles. The first kappa shape index (κ1) is 17.4. The maximum atomic E-state index is 4.70. The van der Waals surface area contributed by atoms with E-state index in [1.807, 2.05) is 6.20 Å². The van der Waals surface area contributed by atoms with Crippen molar-refractivity contribution in [3.63, 3.8) is 0 Å². The lowest BCUT2D eigenvalue weighted by Crippen LogP contribution is -2.40. The van der Waals surface area contributed by atoms with E-state index in [1.54, 1.807) is 0 Å². The van der Waals surface area contributed by atoms with Gasteiger partial charge >= 0.3 is 0 Å². The molecule has 0 radical (unpaired) electrons. The summed E-state index contributed by atoms with van der Waals surface area (Å²) in [6, 6.07) is 4.28. The molecule has 0 spiro atoms. The number of anilines is 1. The summed E-state index contributed by atoms with van der Waals surface area (Å²) < 4.78 is 0. The molecular weight excluding hydrogens is 318 g/mol. The third-order valence-electron chi connectivity index (χ3n) is 4.52. The zero-order valence-corrected chi connectivity index (χ0v) is 15.4. The first-order valence-corrected chi connectivity index (χ1v) is 10.2. The molecule has 0 aliphatic carbocycles. The van der Waals surface area contributed by atoms with Gasteiger partial charge in [-0.1, -0.05) is 6.07 Å². The largest absolute Gasteiger partial charge is 0.357 e. The average molecular weight is 348 g/mol. The van der Waals surface area contributed by atoms with Gasteiger partial charge in [0, 0.05) is 37.6 Å². The minimum atomic E-state index is 0.667. The van der Waals surface area contributed by atoms with Gasteiger partial charge in [0.15, 0.2) is 5.96 Å². The highest BCUT2D eigenvalue weighted by molar-refractivity contribution is 8.00. The molecule has 2 N–H and O–H groups in total. The first-order valence-electron chi connectivity index (χ1n) is 9.19. The van der Waals surface area contributed by atoms with Crippen molar-refractivity contribution in [1.82, 2.24) is 15.6 Å². The fraction of sp³-hybridized carbons (Fsp3) is 0.667. The van der Waals surface area contributed by atoms with Crippen molar-refractivity contribution < 1.29 is 0 Å². The van der Waals surface area contributed by atoms with E-state index in [1.165, 1.54) is 31.4 Å². The molecule has 0 bridgehead atoms. The zero-order chi connectivity index (χ0) is 16.6. The molecule has 1 atom stereocenters. The van der Waals surface area contributed by atoms with Crippen LogP contribution in [0.1, 0.15) is 38.2 Å². The molecule has 3 heterocycles. The van der Waals surface area contributed by atoms with Crippen LogP contribution in [0.15, 0.2) is 23.3 Å². The minimum Gasteiger partial charge on any atom is -0.357 e. The number of nitrogens with zero attached hydrogens (tertiary/aromatic N) is 3. The predicted molar refractivity (Wildman–Crippen MR) is 104 cm³/mol. The van der Waals surface area contributed by atoms with Crippen molar-refractivity contribution in [2.75, 3.05) is 36.8 Å². The van der Waals surface area contributed by atoms with Gasteiger partial charge in [0.2, 0.25) is 0 Å². The number of aromatic nitrogens is 1. The quantitative estimate of drug-likeness (QED) is 0.612. The fourth-order valence-electron chi connectivity index (χ4n) is 3.17. The van der Waals surface area contributed by atoms with Crippen LogP contribution in [0.4, 0.5) is 5.82 Å². The van der Waals surface area contributed by atoms with Gasteiger partial charge in [0.1, 0.15) is 5.82 Å². The summed E-state index contributed by atoms with van der Waals surface area (Å²) in [7, 11) is 0. The van der Waals surface area contributed by atoms with Crippen LogP contribution in [-0.4, -0.2) is 48.1 Å². The van der Waals surface area contributed by atoms with Gasteiger partial charge in [-0.25, -0.2) is 9.98 Å². The third-order valence-corrected chi connectivity index (χ3v) is 5.92. The number of nitrogens with one attached hydrogen (secondary N) is 2. The standard InChI is InChI=1S/C18H29N5S/c1-2-19-18(22-14-16-6-5-11-24-16)21-13-15-7-8-17(20-12-15)23-9-3-4-10-23/h7-8,12,16H,2-6,9-11,13-14H2,1H3,(H2,19,21,22). The van der Waals surface area contributed by atoms with Gasteiger partial charge in [-0.05, 0) is 50.0 Å². The van der Waals surface area contributed by atoms with Crippen molar-refractivity contribution in [1.29, 1.82) is 0 Å². The molecular formula is C18H29N5S. The Bertz CT molecular complexity index is 519. The fourth-order valence-corrected chi connectivity index (χ4v) is 4.37. The van der Waals surface area contributed by atoms with Crippen molar-refractivity contribution in [2.24, 2.45) is 4.99 Å². The van der Waals surface area contributed by atoms with E-state index in [9.17, 15) is 0 Å². The van der Waals surface area contributed by atoms with Gasteiger partial charge in [-0.2, -0.15) is 11.8 Å². The Morgan fingerprint density at radius 3 is 2.83 bits per heavy atom. The summed E-state index contributed by atoms with van der Waals surface area (Å²) in [4.78, 5) is 11.7. The molecule has 5 nitrogen and oxygen atoms in total. The predicted octanol–water partition coefficient (Wildman–Crippen LogP) is 2.63. The number of hydrogen-bond acceptors (Lipinski definition) is 4. The van der Waals surface area contributed by atoms with E-state index in [0.29, 0.717) is 6.54 Å². The normalized spacial score (nSPS) is 21.3. The molecule has 2 fully saturated rings. The Balaban J connectivity index is 1.52. The van der Waals surface area contributed by atoms with Crippen LogP contribution < -0.4 is 15.5 Å². The van der Waals surface area contributed by atoms with Crippen molar-refractivity contribution >= 4 is 23.5 Å². The van der Waals surface area contributed by atoms with Gasteiger partial charge in [-0.3, -0.25) is 0 Å². The molecule has 0 aromatic carbocycles. The van der Waals surface area contributed by atoms with Crippen LogP contribution in [0.5, 0.6) is 0 Å².